The van der Waals surface area contributed by atoms with Crippen molar-refractivity contribution in [2.24, 2.45) is 0 Å². The number of hydrogen-bond acceptors (Lipinski definition) is 4. The van der Waals surface area contributed by atoms with Crippen LogP contribution in [-0.2, 0) is 21.1 Å². The fourth-order valence-corrected chi connectivity index (χ4v) is 2.54. The molecule has 0 atom stereocenters. The minimum Gasteiger partial charge on any atom is -0.326 e. The minimum atomic E-state index is -3.24. The summed E-state index contributed by atoms with van der Waals surface area (Å²) in [5.74, 6) is -0.234. The maximum Gasteiger partial charge on any atom is 0.228 e. The third-order valence-corrected chi connectivity index (χ3v) is 4.12. The van der Waals surface area contributed by atoms with E-state index in [9.17, 15) is 13.2 Å². The van der Waals surface area contributed by atoms with Crippen LogP contribution in [0.4, 0.5) is 5.69 Å². The molecule has 22 heavy (non-hydrogen) atoms. The van der Waals surface area contributed by atoms with E-state index in [1.807, 2.05) is 6.07 Å². The molecule has 0 aliphatic rings. The van der Waals surface area contributed by atoms with Gasteiger partial charge in [-0.1, -0.05) is 18.2 Å². The number of nitriles is 1. The van der Waals surface area contributed by atoms with Crippen molar-refractivity contribution in [3.8, 4) is 6.07 Å². The fraction of sp³-hybridized carbons (Fsp3) is 0.125. The summed E-state index contributed by atoms with van der Waals surface area (Å²) in [4.78, 5) is 12.2. The molecule has 0 aromatic heterocycles. The van der Waals surface area contributed by atoms with E-state index >= 15 is 0 Å². The third-order valence-electron chi connectivity index (χ3n) is 2.99. The molecule has 1 amide bonds. The molecule has 112 valence electrons. The van der Waals surface area contributed by atoms with Crippen LogP contribution in [0.3, 0.4) is 0 Å². The summed E-state index contributed by atoms with van der Waals surface area (Å²) < 4.78 is 22.7. The Hall–Kier alpha value is -2.65. The van der Waals surface area contributed by atoms with Crippen LogP contribution in [0.25, 0.3) is 0 Å². The molecule has 6 heteroatoms. The Kier molecular flexibility index (Phi) is 4.59. The smallest absolute Gasteiger partial charge is 0.228 e. The predicted octanol–water partition coefficient (Wildman–Crippen LogP) is 2.14. The van der Waals surface area contributed by atoms with Crippen LogP contribution in [0, 0.1) is 11.3 Å². The molecule has 0 radical (unpaired) electrons. The molecule has 0 saturated carbocycles. The molecule has 0 heterocycles. The second-order valence-corrected chi connectivity index (χ2v) is 6.85. The molecule has 1 N–H and O–H groups in total. The number of nitrogens with zero attached hydrogens (tertiary/aromatic N) is 1. The number of anilines is 1. The molecule has 2 rings (SSSR count). The molecule has 0 saturated heterocycles. The van der Waals surface area contributed by atoms with Gasteiger partial charge in [0, 0.05) is 11.9 Å². The standard InChI is InChI=1S/C16H14N2O3S/c1-22(20,21)15-7-5-12(6-8-15)10-16(19)18-14-4-2-3-13(9-14)11-17/h2-9H,10H2,1H3,(H,18,19). The highest BCUT2D eigenvalue weighted by atomic mass is 32.2. The van der Waals surface area contributed by atoms with Crippen molar-refractivity contribution in [1.29, 1.82) is 5.26 Å². The number of carbonyl (C=O) groups is 1. The zero-order valence-electron chi connectivity index (χ0n) is 11.9. The summed E-state index contributed by atoms with van der Waals surface area (Å²) in [7, 11) is -3.24. The topological polar surface area (TPSA) is 87.0 Å². The van der Waals surface area contributed by atoms with Gasteiger partial charge in [-0.2, -0.15) is 5.26 Å². The summed E-state index contributed by atoms with van der Waals surface area (Å²) in [5.41, 5.74) is 1.73. The summed E-state index contributed by atoms with van der Waals surface area (Å²) in [6.07, 6.45) is 1.26. The van der Waals surface area contributed by atoms with Gasteiger partial charge < -0.3 is 5.32 Å². The monoisotopic (exact) mass is 314 g/mol. The van der Waals surface area contributed by atoms with E-state index < -0.39 is 9.84 Å². The van der Waals surface area contributed by atoms with Crippen LogP contribution in [-0.4, -0.2) is 20.6 Å². The number of rotatable bonds is 4. The molecule has 2 aromatic rings. The van der Waals surface area contributed by atoms with Gasteiger partial charge in [0.15, 0.2) is 9.84 Å². The first-order valence-corrected chi connectivity index (χ1v) is 8.36. The Bertz CT molecular complexity index is 834. The molecule has 5 nitrogen and oxygen atoms in total. The normalized spacial score (nSPS) is 10.7. The van der Waals surface area contributed by atoms with Gasteiger partial charge in [0.25, 0.3) is 0 Å². The van der Waals surface area contributed by atoms with Gasteiger partial charge in [-0.25, -0.2) is 8.42 Å². The molecule has 0 aliphatic heterocycles. The zero-order chi connectivity index (χ0) is 16.2. The average molecular weight is 314 g/mol. The first-order valence-electron chi connectivity index (χ1n) is 6.47. The Morgan fingerprint density at radius 2 is 1.86 bits per heavy atom. The van der Waals surface area contributed by atoms with Gasteiger partial charge in [0.05, 0.1) is 22.9 Å². The van der Waals surface area contributed by atoms with Crippen molar-refractivity contribution in [3.05, 3.63) is 59.7 Å². The fourth-order valence-electron chi connectivity index (χ4n) is 1.91. The molecule has 0 unspecified atom stereocenters. The summed E-state index contributed by atoms with van der Waals surface area (Å²) >= 11 is 0. The van der Waals surface area contributed by atoms with E-state index in [1.165, 1.54) is 12.1 Å². The molecule has 2 aromatic carbocycles. The Balaban J connectivity index is 2.04. The van der Waals surface area contributed by atoms with Crippen molar-refractivity contribution in [1.82, 2.24) is 0 Å². The molecule has 0 fully saturated rings. The Labute approximate surface area is 129 Å². The predicted molar refractivity (Wildman–Crippen MR) is 83.0 cm³/mol. The molecule has 0 spiro atoms. The van der Waals surface area contributed by atoms with E-state index in [2.05, 4.69) is 5.32 Å². The first kappa shape index (κ1) is 15.7. The van der Waals surface area contributed by atoms with E-state index in [0.29, 0.717) is 16.8 Å². The van der Waals surface area contributed by atoms with Gasteiger partial charge in [0.1, 0.15) is 0 Å². The van der Waals surface area contributed by atoms with E-state index in [0.717, 1.165) is 6.26 Å². The maximum atomic E-state index is 12.0. The number of carbonyl (C=O) groups excluding carboxylic acids is 1. The molecular weight excluding hydrogens is 300 g/mol. The maximum absolute atomic E-state index is 12.0. The van der Waals surface area contributed by atoms with Crippen molar-refractivity contribution >= 4 is 21.4 Å². The molecular formula is C16H14N2O3S. The zero-order valence-corrected chi connectivity index (χ0v) is 12.7. The highest BCUT2D eigenvalue weighted by molar-refractivity contribution is 7.90. The van der Waals surface area contributed by atoms with Crippen molar-refractivity contribution < 1.29 is 13.2 Å². The number of amides is 1. The number of hydrogen-bond donors (Lipinski definition) is 1. The van der Waals surface area contributed by atoms with Crippen molar-refractivity contribution in [2.45, 2.75) is 11.3 Å². The number of nitrogens with one attached hydrogen (secondary N) is 1. The van der Waals surface area contributed by atoms with Gasteiger partial charge in [-0.05, 0) is 35.9 Å². The van der Waals surface area contributed by atoms with Crippen LogP contribution in [0.5, 0.6) is 0 Å². The highest BCUT2D eigenvalue weighted by Crippen LogP contribution is 2.13. The second-order valence-electron chi connectivity index (χ2n) is 4.83. The lowest BCUT2D eigenvalue weighted by molar-refractivity contribution is -0.115. The van der Waals surface area contributed by atoms with E-state index in [1.54, 1.807) is 36.4 Å². The Morgan fingerprint density at radius 3 is 2.45 bits per heavy atom. The van der Waals surface area contributed by atoms with Gasteiger partial charge in [-0.3, -0.25) is 4.79 Å². The van der Waals surface area contributed by atoms with Crippen LogP contribution >= 0.6 is 0 Å². The summed E-state index contributed by atoms with van der Waals surface area (Å²) in [5, 5.41) is 11.5. The highest BCUT2D eigenvalue weighted by Gasteiger charge is 2.08. The van der Waals surface area contributed by atoms with Crippen LogP contribution < -0.4 is 5.32 Å². The SMILES string of the molecule is CS(=O)(=O)c1ccc(CC(=O)Nc2cccc(C#N)c2)cc1. The number of benzene rings is 2. The Morgan fingerprint density at radius 1 is 1.18 bits per heavy atom. The summed E-state index contributed by atoms with van der Waals surface area (Å²) in [6, 6.07) is 14.8. The quantitative estimate of drug-likeness (QED) is 0.936. The minimum absolute atomic E-state index is 0.126. The number of sulfone groups is 1. The van der Waals surface area contributed by atoms with Gasteiger partial charge in [-0.15, -0.1) is 0 Å². The van der Waals surface area contributed by atoms with Crippen molar-refractivity contribution in [2.75, 3.05) is 11.6 Å². The van der Waals surface area contributed by atoms with Crippen LogP contribution in [0.2, 0.25) is 0 Å². The van der Waals surface area contributed by atoms with E-state index in [4.69, 9.17) is 5.26 Å². The second kappa shape index (κ2) is 6.41. The van der Waals surface area contributed by atoms with E-state index in [-0.39, 0.29) is 17.2 Å². The lowest BCUT2D eigenvalue weighted by Crippen LogP contribution is -2.14. The molecule has 0 bridgehead atoms. The van der Waals surface area contributed by atoms with Crippen LogP contribution in [0.1, 0.15) is 11.1 Å². The molecule has 0 aliphatic carbocycles. The van der Waals surface area contributed by atoms with Crippen LogP contribution in [0.15, 0.2) is 53.4 Å². The third kappa shape index (κ3) is 4.17. The van der Waals surface area contributed by atoms with Gasteiger partial charge >= 0.3 is 0 Å². The first-order chi connectivity index (χ1) is 10.4. The largest absolute Gasteiger partial charge is 0.326 e. The average Bonchev–Trinajstić information content (AvgIpc) is 2.47. The summed E-state index contributed by atoms with van der Waals surface area (Å²) in [6.45, 7) is 0. The lowest BCUT2D eigenvalue weighted by Gasteiger charge is -2.06. The lowest BCUT2D eigenvalue weighted by atomic mass is 10.1. The van der Waals surface area contributed by atoms with Crippen molar-refractivity contribution in [3.63, 3.8) is 0 Å². The van der Waals surface area contributed by atoms with Gasteiger partial charge in [0.2, 0.25) is 5.91 Å².